The van der Waals surface area contributed by atoms with Crippen LogP contribution in [0.15, 0.2) is 12.1 Å². The first-order valence-corrected chi connectivity index (χ1v) is 5.54. The smallest absolute Gasteiger partial charge is 0.163 e. The molecular formula is C13H20ClF2NO. The van der Waals surface area contributed by atoms with E-state index in [9.17, 15) is 13.9 Å². The molecule has 1 aromatic carbocycles. The highest BCUT2D eigenvalue weighted by molar-refractivity contribution is 5.85. The Hall–Kier alpha value is -0.710. The standard InChI is InChI=1S/C13H19F2NO.ClH/c1-7-5-6-8(10(15)9(7)14)11(16)12(17)13(2,3)4;/h5-6,11-12,17H,16H2,1-4H3;1H/t11-,12-;/m0./s1. The number of hydrogen-bond donors (Lipinski definition) is 2. The fraction of sp³-hybridized carbons (Fsp3) is 0.538. The zero-order chi connectivity index (χ0) is 13.4. The van der Waals surface area contributed by atoms with Gasteiger partial charge >= 0.3 is 0 Å². The van der Waals surface area contributed by atoms with Crippen LogP contribution in [-0.2, 0) is 0 Å². The molecule has 2 nitrogen and oxygen atoms in total. The fourth-order valence-corrected chi connectivity index (χ4v) is 1.63. The van der Waals surface area contributed by atoms with Gasteiger partial charge in [0.25, 0.3) is 0 Å². The molecule has 0 aliphatic rings. The van der Waals surface area contributed by atoms with Crippen molar-refractivity contribution >= 4 is 12.4 Å². The lowest BCUT2D eigenvalue weighted by Gasteiger charge is -2.31. The number of aliphatic hydroxyl groups is 1. The van der Waals surface area contributed by atoms with Crippen LogP contribution in [0.5, 0.6) is 0 Å². The van der Waals surface area contributed by atoms with Gasteiger partial charge in [0.1, 0.15) is 0 Å². The van der Waals surface area contributed by atoms with Crippen molar-refractivity contribution in [3.05, 3.63) is 34.9 Å². The van der Waals surface area contributed by atoms with Gasteiger partial charge in [0.2, 0.25) is 0 Å². The van der Waals surface area contributed by atoms with Crippen molar-refractivity contribution in [2.45, 2.75) is 39.8 Å². The summed E-state index contributed by atoms with van der Waals surface area (Å²) in [6, 6.07) is 1.95. The predicted molar refractivity (Wildman–Crippen MR) is 70.7 cm³/mol. The summed E-state index contributed by atoms with van der Waals surface area (Å²) in [5.74, 6) is -1.88. The molecule has 0 amide bonds. The number of benzene rings is 1. The summed E-state index contributed by atoms with van der Waals surface area (Å²) in [5, 5.41) is 9.98. The van der Waals surface area contributed by atoms with Gasteiger partial charge in [-0.1, -0.05) is 32.9 Å². The summed E-state index contributed by atoms with van der Waals surface area (Å²) in [6.45, 7) is 6.85. The summed E-state index contributed by atoms with van der Waals surface area (Å²) in [6.07, 6.45) is -0.945. The second kappa shape index (κ2) is 5.95. The Morgan fingerprint density at radius 3 is 2.11 bits per heavy atom. The number of hydrogen-bond acceptors (Lipinski definition) is 2. The third-order valence-corrected chi connectivity index (χ3v) is 2.89. The molecule has 0 saturated carbocycles. The third-order valence-electron chi connectivity index (χ3n) is 2.89. The lowest BCUT2D eigenvalue weighted by Crippen LogP contribution is -2.37. The van der Waals surface area contributed by atoms with Crippen molar-refractivity contribution in [2.75, 3.05) is 0 Å². The first kappa shape index (κ1) is 17.3. The van der Waals surface area contributed by atoms with Crippen LogP contribution in [0.1, 0.15) is 37.9 Å². The molecule has 2 atom stereocenters. The maximum absolute atomic E-state index is 13.7. The third kappa shape index (κ3) is 3.40. The van der Waals surface area contributed by atoms with Gasteiger partial charge in [-0.3, -0.25) is 0 Å². The number of aryl methyl sites for hydroxylation is 1. The van der Waals surface area contributed by atoms with Gasteiger partial charge in [-0.05, 0) is 17.9 Å². The molecule has 0 radical (unpaired) electrons. The first-order valence-electron chi connectivity index (χ1n) is 5.54. The van der Waals surface area contributed by atoms with Crippen molar-refractivity contribution in [1.29, 1.82) is 0 Å². The number of aliphatic hydroxyl groups excluding tert-OH is 1. The number of nitrogens with two attached hydrogens (primary N) is 1. The summed E-state index contributed by atoms with van der Waals surface area (Å²) >= 11 is 0. The number of halogens is 3. The van der Waals surface area contributed by atoms with Gasteiger partial charge < -0.3 is 10.8 Å². The summed E-state index contributed by atoms with van der Waals surface area (Å²) < 4.78 is 27.1. The molecule has 0 spiro atoms. The molecule has 0 saturated heterocycles. The molecule has 0 aliphatic heterocycles. The van der Waals surface area contributed by atoms with E-state index < -0.39 is 29.2 Å². The average molecular weight is 280 g/mol. The number of rotatable bonds is 2. The van der Waals surface area contributed by atoms with E-state index in [4.69, 9.17) is 5.73 Å². The maximum Gasteiger partial charge on any atom is 0.163 e. The van der Waals surface area contributed by atoms with Gasteiger partial charge in [-0.2, -0.15) is 0 Å². The molecule has 0 fully saturated rings. The normalized spacial score (nSPS) is 14.9. The van der Waals surface area contributed by atoms with E-state index in [-0.39, 0.29) is 23.5 Å². The Labute approximate surface area is 113 Å². The maximum atomic E-state index is 13.7. The molecule has 5 heteroatoms. The lowest BCUT2D eigenvalue weighted by atomic mass is 9.82. The van der Waals surface area contributed by atoms with E-state index in [1.165, 1.54) is 19.1 Å². The minimum Gasteiger partial charge on any atom is -0.391 e. The minimum atomic E-state index is -0.971. The van der Waals surface area contributed by atoms with Crippen LogP contribution >= 0.6 is 12.4 Å². The summed E-state index contributed by atoms with van der Waals surface area (Å²) in [4.78, 5) is 0. The summed E-state index contributed by atoms with van der Waals surface area (Å²) in [7, 11) is 0. The van der Waals surface area contributed by atoms with Crippen LogP contribution in [0.2, 0.25) is 0 Å². The molecule has 0 aromatic heterocycles. The first-order chi connectivity index (χ1) is 7.66. The van der Waals surface area contributed by atoms with Crippen LogP contribution in [0.4, 0.5) is 8.78 Å². The zero-order valence-electron chi connectivity index (χ0n) is 11.0. The Kier molecular flexibility index (Phi) is 5.72. The van der Waals surface area contributed by atoms with E-state index in [1.54, 1.807) is 20.8 Å². The molecule has 0 heterocycles. The fourth-order valence-electron chi connectivity index (χ4n) is 1.63. The van der Waals surface area contributed by atoms with Crippen molar-refractivity contribution in [1.82, 2.24) is 0 Å². The van der Waals surface area contributed by atoms with Crippen LogP contribution < -0.4 is 5.73 Å². The SMILES string of the molecule is Cc1ccc([C@H](N)[C@H](O)C(C)(C)C)c(F)c1F.Cl. The van der Waals surface area contributed by atoms with Gasteiger partial charge in [0.15, 0.2) is 11.6 Å². The lowest BCUT2D eigenvalue weighted by molar-refractivity contribution is 0.0390. The van der Waals surface area contributed by atoms with E-state index in [0.717, 1.165) is 0 Å². The van der Waals surface area contributed by atoms with E-state index in [0.29, 0.717) is 0 Å². The molecule has 0 unspecified atom stereocenters. The second-order valence-electron chi connectivity index (χ2n) is 5.44. The largest absolute Gasteiger partial charge is 0.391 e. The van der Waals surface area contributed by atoms with Crippen molar-refractivity contribution in [3.63, 3.8) is 0 Å². The Balaban J connectivity index is 0.00000289. The second-order valence-corrected chi connectivity index (χ2v) is 5.44. The van der Waals surface area contributed by atoms with Crippen molar-refractivity contribution in [3.8, 4) is 0 Å². The predicted octanol–water partition coefficient (Wildman–Crippen LogP) is 3.10. The Morgan fingerprint density at radius 2 is 1.67 bits per heavy atom. The zero-order valence-corrected chi connectivity index (χ0v) is 11.8. The van der Waals surface area contributed by atoms with Crippen LogP contribution in [0, 0.1) is 24.0 Å². The molecular weight excluding hydrogens is 260 g/mol. The van der Waals surface area contributed by atoms with E-state index in [2.05, 4.69) is 0 Å². The van der Waals surface area contributed by atoms with Gasteiger partial charge in [0.05, 0.1) is 12.1 Å². The van der Waals surface area contributed by atoms with Gasteiger partial charge in [-0.25, -0.2) is 8.78 Å². The van der Waals surface area contributed by atoms with E-state index in [1.807, 2.05) is 0 Å². The molecule has 18 heavy (non-hydrogen) atoms. The topological polar surface area (TPSA) is 46.2 Å². The molecule has 0 bridgehead atoms. The summed E-state index contributed by atoms with van der Waals surface area (Å²) in [5.41, 5.74) is 5.53. The van der Waals surface area contributed by atoms with E-state index >= 15 is 0 Å². The van der Waals surface area contributed by atoms with Crippen molar-refractivity contribution < 1.29 is 13.9 Å². The molecule has 1 aromatic rings. The van der Waals surface area contributed by atoms with Crippen LogP contribution in [0.25, 0.3) is 0 Å². The minimum absolute atomic E-state index is 0. The van der Waals surface area contributed by atoms with Crippen LogP contribution in [0.3, 0.4) is 0 Å². The molecule has 1 rings (SSSR count). The Morgan fingerprint density at radius 1 is 1.17 bits per heavy atom. The molecule has 3 N–H and O–H groups in total. The highest BCUT2D eigenvalue weighted by Gasteiger charge is 2.31. The Bertz CT molecular complexity index is 418. The quantitative estimate of drug-likeness (QED) is 0.874. The van der Waals surface area contributed by atoms with Gasteiger partial charge in [0, 0.05) is 5.56 Å². The highest BCUT2D eigenvalue weighted by Crippen LogP contribution is 2.30. The highest BCUT2D eigenvalue weighted by atomic mass is 35.5. The monoisotopic (exact) mass is 279 g/mol. The molecule has 0 aliphatic carbocycles. The van der Waals surface area contributed by atoms with Crippen LogP contribution in [-0.4, -0.2) is 11.2 Å². The van der Waals surface area contributed by atoms with Crippen molar-refractivity contribution in [2.24, 2.45) is 11.1 Å². The average Bonchev–Trinajstić information content (AvgIpc) is 2.23. The molecule has 104 valence electrons. The van der Waals surface area contributed by atoms with Gasteiger partial charge in [-0.15, -0.1) is 12.4 Å².